The molecule has 0 amide bonds. The van der Waals surface area contributed by atoms with E-state index in [1.165, 1.54) is 6.26 Å². The summed E-state index contributed by atoms with van der Waals surface area (Å²) in [5.41, 5.74) is 1.66. The molecule has 0 saturated heterocycles. The molecule has 0 atom stereocenters. The first-order valence-electron chi connectivity index (χ1n) is 5.79. The van der Waals surface area contributed by atoms with E-state index in [9.17, 15) is 4.79 Å². The van der Waals surface area contributed by atoms with Crippen LogP contribution in [0.1, 0.15) is 21.7 Å². The predicted molar refractivity (Wildman–Crippen MR) is 72.3 cm³/mol. The van der Waals surface area contributed by atoms with Gasteiger partial charge in [0, 0.05) is 23.7 Å². The molecule has 1 aromatic heterocycles. The summed E-state index contributed by atoms with van der Waals surface area (Å²) in [6.07, 6.45) is 1.39. The van der Waals surface area contributed by atoms with Gasteiger partial charge in [0.2, 0.25) is 5.76 Å². The highest BCUT2D eigenvalue weighted by molar-refractivity contribution is 6.31. The van der Waals surface area contributed by atoms with Gasteiger partial charge < -0.3 is 9.52 Å². The summed E-state index contributed by atoms with van der Waals surface area (Å²) in [6.45, 7) is 1.13. The molecule has 1 N–H and O–H groups in total. The number of benzene rings is 1. The summed E-state index contributed by atoms with van der Waals surface area (Å²) in [7, 11) is 1.90. The Morgan fingerprint density at radius 3 is 2.63 bits per heavy atom. The lowest BCUT2D eigenvalue weighted by atomic mass is 10.2. The van der Waals surface area contributed by atoms with Crippen LogP contribution in [0.5, 0.6) is 0 Å². The van der Waals surface area contributed by atoms with Gasteiger partial charge in [0.15, 0.2) is 0 Å². The normalized spacial score (nSPS) is 10.9. The quantitative estimate of drug-likeness (QED) is 0.913. The fourth-order valence-electron chi connectivity index (χ4n) is 1.91. The average Bonchev–Trinajstić information content (AvgIpc) is 2.80. The van der Waals surface area contributed by atoms with Crippen molar-refractivity contribution in [3.63, 3.8) is 0 Å². The van der Waals surface area contributed by atoms with E-state index >= 15 is 0 Å². The van der Waals surface area contributed by atoms with Crippen LogP contribution in [0.2, 0.25) is 5.02 Å². The van der Waals surface area contributed by atoms with Crippen LogP contribution in [-0.4, -0.2) is 23.0 Å². The molecule has 0 saturated carbocycles. The van der Waals surface area contributed by atoms with Crippen molar-refractivity contribution in [2.45, 2.75) is 13.1 Å². The molecule has 0 bridgehead atoms. The molecule has 0 radical (unpaired) electrons. The van der Waals surface area contributed by atoms with Gasteiger partial charge in [0.1, 0.15) is 0 Å². The number of rotatable bonds is 5. The third-order valence-electron chi connectivity index (χ3n) is 2.78. The lowest BCUT2D eigenvalue weighted by molar-refractivity contribution is 0.0659. The van der Waals surface area contributed by atoms with Crippen molar-refractivity contribution in [3.05, 3.63) is 58.5 Å². The highest BCUT2D eigenvalue weighted by Crippen LogP contribution is 2.18. The molecule has 5 heteroatoms. The third kappa shape index (κ3) is 3.36. The first-order chi connectivity index (χ1) is 9.08. The predicted octanol–water partition coefficient (Wildman–Crippen LogP) is 3.26. The van der Waals surface area contributed by atoms with E-state index in [2.05, 4.69) is 0 Å². The molecule has 2 rings (SSSR count). The van der Waals surface area contributed by atoms with Crippen LogP contribution in [0.15, 0.2) is 41.0 Å². The number of carboxylic acid groups (broad SMARTS) is 1. The van der Waals surface area contributed by atoms with Gasteiger partial charge in [-0.2, -0.15) is 0 Å². The maximum atomic E-state index is 10.9. The molecule has 4 nitrogen and oxygen atoms in total. The van der Waals surface area contributed by atoms with Crippen LogP contribution in [0.25, 0.3) is 0 Å². The minimum absolute atomic E-state index is 0.00833. The summed E-state index contributed by atoms with van der Waals surface area (Å²) in [4.78, 5) is 12.9. The highest BCUT2D eigenvalue weighted by Gasteiger charge is 2.15. The first kappa shape index (κ1) is 13.6. The first-order valence-corrected chi connectivity index (χ1v) is 6.17. The van der Waals surface area contributed by atoms with Gasteiger partial charge in [-0.3, -0.25) is 4.90 Å². The van der Waals surface area contributed by atoms with Crippen molar-refractivity contribution < 1.29 is 14.3 Å². The van der Waals surface area contributed by atoms with E-state index < -0.39 is 5.97 Å². The topological polar surface area (TPSA) is 53.7 Å². The Balaban J connectivity index is 2.06. The highest BCUT2D eigenvalue weighted by atomic mass is 35.5. The Kier molecular flexibility index (Phi) is 4.24. The Labute approximate surface area is 116 Å². The van der Waals surface area contributed by atoms with Gasteiger partial charge in [-0.1, -0.05) is 29.8 Å². The standard InChI is InChI=1S/C14H14ClNO3/c1-16(8-10-4-2-3-5-12(10)15)9-11-6-7-19-13(11)14(17)18/h2-7H,8-9H2,1H3,(H,17,18). The van der Waals surface area contributed by atoms with Crippen molar-refractivity contribution in [2.24, 2.45) is 0 Å². The minimum atomic E-state index is -1.05. The molecule has 19 heavy (non-hydrogen) atoms. The van der Waals surface area contributed by atoms with E-state index in [1.807, 2.05) is 36.2 Å². The molecule has 0 unspecified atom stereocenters. The SMILES string of the molecule is CN(Cc1ccccc1Cl)Cc1ccoc1C(=O)O. The molecule has 1 aromatic carbocycles. The number of furan rings is 1. The summed E-state index contributed by atoms with van der Waals surface area (Å²) >= 11 is 6.09. The molecule has 0 aliphatic carbocycles. The van der Waals surface area contributed by atoms with Crippen molar-refractivity contribution in [1.29, 1.82) is 0 Å². The zero-order valence-electron chi connectivity index (χ0n) is 10.5. The molecule has 0 aliphatic heterocycles. The van der Waals surface area contributed by atoms with Crippen LogP contribution in [0.3, 0.4) is 0 Å². The Bertz CT molecular complexity index is 580. The maximum Gasteiger partial charge on any atom is 0.372 e. The number of halogens is 1. The van der Waals surface area contributed by atoms with Gasteiger partial charge in [0.05, 0.1) is 6.26 Å². The van der Waals surface area contributed by atoms with Crippen LogP contribution in [-0.2, 0) is 13.1 Å². The maximum absolute atomic E-state index is 10.9. The fourth-order valence-corrected chi connectivity index (χ4v) is 2.11. The smallest absolute Gasteiger partial charge is 0.372 e. The van der Waals surface area contributed by atoms with Gasteiger partial charge in [-0.05, 0) is 24.7 Å². The van der Waals surface area contributed by atoms with Gasteiger partial charge in [-0.25, -0.2) is 4.79 Å². The third-order valence-corrected chi connectivity index (χ3v) is 3.15. The zero-order valence-corrected chi connectivity index (χ0v) is 11.2. The summed E-state index contributed by atoms with van der Waals surface area (Å²) in [6, 6.07) is 9.27. The number of hydrogen-bond acceptors (Lipinski definition) is 3. The van der Waals surface area contributed by atoms with E-state index in [1.54, 1.807) is 6.07 Å². The number of carbonyl (C=O) groups is 1. The average molecular weight is 280 g/mol. The Hall–Kier alpha value is -1.78. The summed E-state index contributed by atoms with van der Waals surface area (Å²) in [5.74, 6) is -1.06. The van der Waals surface area contributed by atoms with Crippen molar-refractivity contribution in [3.8, 4) is 0 Å². The van der Waals surface area contributed by atoms with Crippen molar-refractivity contribution in [2.75, 3.05) is 7.05 Å². The van der Waals surface area contributed by atoms with Crippen LogP contribution in [0.4, 0.5) is 0 Å². The van der Waals surface area contributed by atoms with Crippen LogP contribution >= 0.6 is 11.6 Å². The summed E-state index contributed by atoms with van der Waals surface area (Å²) < 4.78 is 4.95. The van der Waals surface area contributed by atoms with Crippen molar-refractivity contribution >= 4 is 17.6 Å². The molecule has 100 valence electrons. The van der Waals surface area contributed by atoms with E-state index in [0.29, 0.717) is 23.7 Å². The van der Waals surface area contributed by atoms with E-state index in [4.69, 9.17) is 21.1 Å². The lowest BCUT2D eigenvalue weighted by Crippen LogP contribution is -2.18. The van der Waals surface area contributed by atoms with Crippen LogP contribution in [0, 0.1) is 0 Å². The van der Waals surface area contributed by atoms with Gasteiger partial charge in [0.25, 0.3) is 0 Å². The summed E-state index contributed by atoms with van der Waals surface area (Å²) in [5, 5.41) is 9.68. The van der Waals surface area contributed by atoms with E-state index in [0.717, 1.165) is 5.56 Å². The minimum Gasteiger partial charge on any atom is -0.475 e. The van der Waals surface area contributed by atoms with E-state index in [-0.39, 0.29) is 5.76 Å². The zero-order chi connectivity index (χ0) is 13.8. The molecule has 0 spiro atoms. The van der Waals surface area contributed by atoms with Crippen molar-refractivity contribution in [1.82, 2.24) is 4.90 Å². The molecular weight excluding hydrogens is 266 g/mol. The second-order valence-corrected chi connectivity index (χ2v) is 4.75. The Morgan fingerprint density at radius 1 is 1.26 bits per heavy atom. The molecule has 0 fully saturated rings. The number of aromatic carboxylic acids is 1. The number of hydrogen-bond donors (Lipinski definition) is 1. The van der Waals surface area contributed by atoms with Gasteiger partial charge >= 0.3 is 5.97 Å². The monoisotopic (exact) mass is 279 g/mol. The van der Waals surface area contributed by atoms with Crippen LogP contribution < -0.4 is 0 Å². The number of carboxylic acids is 1. The second-order valence-electron chi connectivity index (χ2n) is 4.34. The molecule has 2 aromatic rings. The molecule has 1 heterocycles. The Morgan fingerprint density at radius 2 is 1.95 bits per heavy atom. The second kappa shape index (κ2) is 5.91. The molecule has 0 aliphatic rings. The largest absolute Gasteiger partial charge is 0.475 e. The number of nitrogens with zero attached hydrogens (tertiary/aromatic N) is 1. The lowest BCUT2D eigenvalue weighted by Gasteiger charge is -2.16. The van der Waals surface area contributed by atoms with Gasteiger partial charge in [-0.15, -0.1) is 0 Å². The fraction of sp³-hybridized carbons (Fsp3) is 0.214. The molecular formula is C14H14ClNO3.